The Hall–Kier alpha value is -1.44. The number of alkyl carbamates (subject to hydrolysis) is 1. The molecule has 100 valence electrons. The number of nitrogens with one attached hydrogen (secondary N) is 1. The summed E-state index contributed by atoms with van der Waals surface area (Å²) in [5.41, 5.74) is 0.139. The van der Waals surface area contributed by atoms with E-state index in [0.717, 1.165) is 0 Å². The van der Waals surface area contributed by atoms with E-state index in [1.54, 1.807) is 39.0 Å². The first-order valence-electron chi connectivity index (χ1n) is 5.57. The van der Waals surface area contributed by atoms with Crippen molar-refractivity contribution in [2.75, 3.05) is 0 Å². The summed E-state index contributed by atoms with van der Waals surface area (Å²) in [6.45, 7) is 5.41. The summed E-state index contributed by atoms with van der Waals surface area (Å²) in [6, 6.07) is 6.51. The van der Waals surface area contributed by atoms with Gasteiger partial charge >= 0.3 is 30.9 Å². The van der Waals surface area contributed by atoms with Gasteiger partial charge in [-0.25, -0.2) is 9.59 Å². The monoisotopic (exact) mass is 259 g/mol. The Morgan fingerprint density at radius 3 is 2.37 bits per heavy atom. The molecule has 0 saturated carbocycles. The van der Waals surface area contributed by atoms with Crippen LogP contribution < -0.4 is 5.32 Å². The molecule has 0 unspecified atom stereocenters. The number of carbonyl (C=O) groups excluding carboxylic acids is 1. The molecule has 0 aromatic heterocycles. The van der Waals surface area contributed by atoms with Crippen LogP contribution in [0.3, 0.4) is 0 Å². The summed E-state index contributed by atoms with van der Waals surface area (Å²) in [7, 11) is 0. The number of ether oxygens (including phenoxy) is 1. The maximum absolute atomic E-state index is 11.4. The van der Waals surface area contributed by atoms with Gasteiger partial charge in [-0.1, -0.05) is 18.2 Å². The number of aromatic carboxylic acids is 1. The summed E-state index contributed by atoms with van der Waals surface area (Å²) in [6.07, 6.45) is -0.567. The van der Waals surface area contributed by atoms with Crippen molar-refractivity contribution in [3.05, 3.63) is 35.4 Å². The van der Waals surface area contributed by atoms with Gasteiger partial charge < -0.3 is 15.2 Å². The molecule has 0 spiro atoms. The second-order valence-corrected chi connectivity index (χ2v) is 4.82. The molecule has 0 atom stereocenters. The predicted molar refractivity (Wildman–Crippen MR) is 73.6 cm³/mol. The molecule has 1 rings (SSSR count). The van der Waals surface area contributed by atoms with Crippen LogP contribution in [0.25, 0.3) is 0 Å². The maximum atomic E-state index is 11.4. The van der Waals surface area contributed by atoms with Crippen LogP contribution in [0.2, 0.25) is 0 Å². The van der Waals surface area contributed by atoms with E-state index >= 15 is 0 Å². The van der Waals surface area contributed by atoms with Gasteiger partial charge in [0, 0.05) is 6.54 Å². The number of benzene rings is 1. The summed E-state index contributed by atoms with van der Waals surface area (Å²) in [5, 5.41) is 11.5. The normalized spacial score (nSPS) is 10.3. The van der Waals surface area contributed by atoms with E-state index in [-0.39, 0.29) is 31.0 Å². The van der Waals surface area contributed by atoms with Crippen molar-refractivity contribution in [2.24, 2.45) is 0 Å². The Balaban J connectivity index is 0.00000324. The third kappa shape index (κ3) is 6.32. The molecule has 0 bridgehead atoms. The van der Waals surface area contributed by atoms with Crippen LogP contribution >= 0.6 is 0 Å². The molecule has 1 aromatic rings. The third-order valence-corrected chi connectivity index (χ3v) is 2.07. The number of hydrogen-bond acceptors (Lipinski definition) is 3. The average molecular weight is 259 g/mol. The topological polar surface area (TPSA) is 75.6 Å². The second-order valence-electron chi connectivity index (χ2n) is 4.82. The standard InChI is InChI=1S/C13H17NO4.Li.H/c1-13(2,3)18-12(17)14-8-9-6-4-5-7-10(9)11(15)16;;/h4-7H,8H2,1-3H3,(H,14,17)(H,15,16);;. The Kier molecular flexibility index (Phi) is 6.67. The van der Waals surface area contributed by atoms with E-state index < -0.39 is 17.7 Å². The molecule has 0 saturated heterocycles. The first-order valence-corrected chi connectivity index (χ1v) is 5.57. The molecular weight excluding hydrogens is 241 g/mol. The fraction of sp³-hybridized carbons (Fsp3) is 0.385. The fourth-order valence-electron chi connectivity index (χ4n) is 1.36. The van der Waals surface area contributed by atoms with E-state index in [0.29, 0.717) is 5.56 Å². The van der Waals surface area contributed by atoms with Crippen molar-refractivity contribution >= 4 is 30.9 Å². The number of carboxylic acids is 1. The van der Waals surface area contributed by atoms with E-state index in [9.17, 15) is 9.59 Å². The second kappa shape index (κ2) is 7.22. The first-order chi connectivity index (χ1) is 8.29. The van der Waals surface area contributed by atoms with Gasteiger partial charge in [-0.2, -0.15) is 0 Å². The van der Waals surface area contributed by atoms with Gasteiger partial charge in [0.05, 0.1) is 5.56 Å². The Morgan fingerprint density at radius 1 is 1.26 bits per heavy atom. The first kappa shape index (κ1) is 17.6. The molecule has 1 amide bonds. The number of hydrogen-bond donors (Lipinski definition) is 2. The molecule has 19 heavy (non-hydrogen) atoms. The molecule has 1 aromatic carbocycles. The minimum atomic E-state index is -1.02. The van der Waals surface area contributed by atoms with Crippen molar-refractivity contribution in [3.8, 4) is 0 Å². The zero-order valence-electron chi connectivity index (χ0n) is 10.7. The molecule has 0 fully saturated rings. The van der Waals surface area contributed by atoms with Crippen LogP contribution in [-0.2, 0) is 11.3 Å². The van der Waals surface area contributed by atoms with Crippen molar-refractivity contribution in [2.45, 2.75) is 32.9 Å². The Bertz CT molecular complexity index is 454. The summed E-state index contributed by atoms with van der Waals surface area (Å²) < 4.78 is 5.06. The summed E-state index contributed by atoms with van der Waals surface area (Å²) in [4.78, 5) is 22.4. The minimum absolute atomic E-state index is 0. The van der Waals surface area contributed by atoms with Gasteiger partial charge in [0.1, 0.15) is 5.60 Å². The molecule has 2 N–H and O–H groups in total. The number of carboxylic acid groups (broad SMARTS) is 1. The summed E-state index contributed by atoms with van der Waals surface area (Å²) >= 11 is 0. The molecule has 6 heteroatoms. The zero-order valence-corrected chi connectivity index (χ0v) is 10.7. The average Bonchev–Trinajstić information content (AvgIpc) is 2.24. The quantitative estimate of drug-likeness (QED) is 0.811. The molecule has 0 aliphatic carbocycles. The molecule has 5 nitrogen and oxygen atoms in total. The van der Waals surface area contributed by atoms with Crippen molar-refractivity contribution in [1.82, 2.24) is 5.32 Å². The molecule has 0 heterocycles. The van der Waals surface area contributed by atoms with Gasteiger partial charge in [-0.15, -0.1) is 0 Å². The van der Waals surface area contributed by atoms with Crippen LogP contribution in [0.1, 0.15) is 36.7 Å². The Morgan fingerprint density at radius 2 is 1.84 bits per heavy atom. The van der Waals surface area contributed by atoms with Gasteiger partial charge in [0.25, 0.3) is 0 Å². The van der Waals surface area contributed by atoms with Crippen LogP contribution in [0.4, 0.5) is 4.79 Å². The van der Waals surface area contributed by atoms with Crippen LogP contribution in [-0.4, -0.2) is 41.6 Å². The van der Waals surface area contributed by atoms with E-state index in [1.807, 2.05) is 0 Å². The number of carbonyl (C=O) groups is 2. The van der Waals surface area contributed by atoms with Crippen LogP contribution in [0.15, 0.2) is 24.3 Å². The number of rotatable bonds is 3. The Labute approximate surface area is 124 Å². The predicted octanol–water partition coefficient (Wildman–Crippen LogP) is 1.76. The molecule has 0 aliphatic heterocycles. The fourth-order valence-corrected chi connectivity index (χ4v) is 1.36. The van der Waals surface area contributed by atoms with Crippen molar-refractivity contribution in [1.29, 1.82) is 0 Å². The zero-order chi connectivity index (χ0) is 13.8. The van der Waals surface area contributed by atoms with Gasteiger partial charge in [-0.05, 0) is 32.4 Å². The van der Waals surface area contributed by atoms with Gasteiger partial charge in [0.2, 0.25) is 0 Å². The van der Waals surface area contributed by atoms with E-state index in [4.69, 9.17) is 9.84 Å². The van der Waals surface area contributed by atoms with E-state index in [1.165, 1.54) is 6.07 Å². The number of amides is 1. The molecule has 0 aliphatic rings. The van der Waals surface area contributed by atoms with Crippen LogP contribution in [0.5, 0.6) is 0 Å². The van der Waals surface area contributed by atoms with Crippen LogP contribution in [0, 0.1) is 0 Å². The molecule has 0 radical (unpaired) electrons. The van der Waals surface area contributed by atoms with Gasteiger partial charge in [0.15, 0.2) is 0 Å². The van der Waals surface area contributed by atoms with Crippen molar-refractivity contribution in [3.63, 3.8) is 0 Å². The molecular formula is C13H18LiNO4. The van der Waals surface area contributed by atoms with Crippen molar-refractivity contribution < 1.29 is 19.4 Å². The summed E-state index contributed by atoms with van der Waals surface area (Å²) in [5.74, 6) is -1.02. The van der Waals surface area contributed by atoms with E-state index in [2.05, 4.69) is 5.32 Å². The van der Waals surface area contributed by atoms with Gasteiger partial charge in [-0.3, -0.25) is 0 Å². The third-order valence-electron chi connectivity index (χ3n) is 2.07. The SMILES string of the molecule is CC(C)(C)OC(=O)NCc1ccccc1C(=O)O.[LiH].